The number of imide groups is 1. The Morgan fingerprint density at radius 1 is 1.31 bits per heavy atom. The van der Waals surface area contributed by atoms with Crippen LogP contribution in [0.1, 0.15) is 52.4 Å². The molecule has 1 heterocycles. The molecular formula is C12H20N2O2. The van der Waals surface area contributed by atoms with Gasteiger partial charge < -0.3 is 5.32 Å². The number of nitrogens with one attached hydrogen (secondary N) is 1. The zero-order valence-electron chi connectivity index (χ0n) is 10.1. The minimum Gasteiger partial charge on any atom is -0.323 e. The standard InChI is InChI=1S/C12H20N2O2/c1-3-12(2)10(15)14(11(16)13-12)9-7-5-4-6-8-9/h9H,3-8H2,1-2H3,(H,13,16). The minimum absolute atomic E-state index is 0.0353. The fourth-order valence-electron chi connectivity index (χ4n) is 2.62. The molecule has 2 rings (SSSR count). The Balaban J connectivity index is 2.15. The molecule has 1 saturated carbocycles. The van der Waals surface area contributed by atoms with Gasteiger partial charge in [-0.1, -0.05) is 26.2 Å². The van der Waals surface area contributed by atoms with E-state index < -0.39 is 5.54 Å². The van der Waals surface area contributed by atoms with Crippen molar-refractivity contribution in [1.82, 2.24) is 10.2 Å². The average molecular weight is 224 g/mol. The van der Waals surface area contributed by atoms with Gasteiger partial charge in [-0.05, 0) is 26.2 Å². The average Bonchev–Trinajstić information content (AvgIpc) is 2.52. The van der Waals surface area contributed by atoms with Crippen molar-refractivity contribution in [1.29, 1.82) is 0 Å². The molecule has 0 spiro atoms. The highest BCUT2D eigenvalue weighted by molar-refractivity contribution is 6.07. The fraction of sp³-hybridized carbons (Fsp3) is 0.833. The van der Waals surface area contributed by atoms with Crippen LogP contribution in [0.5, 0.6) is 0 Å². The van der Waals surface area contributed by atoms with Crippen LogP contribution in [0.25, 0.3) is 0 Å². The summed E-state index contributed by atoms with van der Waals surface area (Å²) >= 11 is 0. The first-order chi connectivity index (χ1) is 7.58. The summed E-state index contributed by atoms with van der Waals surface area (Å²) in [5.41, 5.74) is -0.672. The van der Waals surface area contributed by atoms with Crippen LogP contribution in [-0.2, 0) is 4.79 Å². The highest BCUT2D eigenvalue weighted by atomic mass is 16.2. The van der Waals surface area contributed by atoms with Crippen molar-refractivity contribution < 1.29 is 9.59 Å². The molecule has 1 saturated heterocycles. The van der Waals surface area contributed by atoms with Gasteiger partial charge in [0, 0.05) is 6.04 Å². The summed E-state index contributed by atoms with van der Waals surface area (Å²) in [7, 11) is 0. The van der Waals surface area contributed by atoms with Crippen molar-refractivity contribution in [3.8, 4) is 0 Å². The number of carbonyl (C=O) groups excluding carboxylic acids is 2. The van der Waals surface area contributed by atoms with Gasteiger partial charge in [-0.2, -0.15) is 0 Å². The first kappa shape index (κ1) is 11.4. The lowest BCUT2D eigenvalue weighted by Crippen LogP contribution is -2.45. The third kappa shape index (κ3) is 1.70. The second kappa shape index (κ2) is 4.07. The van der Waals surface area contributed by atoms with Crippen molar-refractivity contribution in [3.63, 3.8) is 0 Å². The Morgan fingerprint density at radius 3 is 2.44 bits per heavy atom. The van der Waals surface area contributed by atoms with E-state index in [1.54, 1.807) is 0 Å². The lowest BCUT2D eigenvalue weighted by molar-refractivity contribution is -0.132. The maximum Gasteiger partial charge on any atom is 0.325 e. The van der Waals surface area contributed by atoms with Crippen molar-refractivity contribution in [3.05, 3.63) is 0 Å². The summed E-state index contributed by atoms with van der Waals surface area (Å²) in [5, 5.41) is 2.81. The smallest absolute Gasteiger partial charge is 0.323 e. The SMILES string of the molecule is CCC1(C)NC(=O)N(C2CCCCC2)C1=O. The summed E-state index contributed by atoms with van der Waals surface area (Å²) in [6.45, 7) is 3.75. The van der Waals surface area contributed by atoms with E-state index in [2.05, 4.69) is 5.32 Å². The zero-order chi connectivity index (χ0) is 11.8. The van der Waals surface area contributed by atoms with Crippen molar-refractivity contribution in [2.45, 2.75) is 64.0 Å². The molecule has 4 nitrogen and oxygen atoms in total. The molecule has 0 aromatic heterocycles. The Labute approximate surface area is 96.4 Å². The molecule has 2 aliphatic rings. The molecule has 0 bridgehead atoms. The Kier molecular flexibility index (Phi) is 2.91. The summed E-state index contributed by atoms with van der Waals surface area (Å²) in [6.07, 6.45) is 6.08. The van der Waals surface area contributed by atoms with Crippen molar-refractivity contribution >= 4 is 11.9 Å². The van der Waals surface area contributed by atoms with Crippen molar-refractivity contribution in [2.24, 2.45) is 0 Å². The monoisotopic (exact) mass is 224 g/mol. The molecule has 90 valence electrons. The fourth-order valence-corrected chi connectivity index (χ4v) is 2.62. The topological polar surface area (TPSA) is 49.4 Å². The number of hydrogen-bond acceptors (Lipinski definition) is 2. The van der Waals surface area contributed by atoms with Gasteiger partial charge in [0.15, 0.2) is 0 Å². The third-order valence-electron chi connectivity index (χ3n) is 3.94. The first-order valence-corrected chi connectivity index (χ1v) is 6.24. The number of hydrogen-bond donors (Lipinski definition) is 1. The van der Waals surface area contributed by atoms with E-state index in [1.807, 2.05) is 13.8 Å². The lowest BCUT2D eigenvalue weighted by atomic mass is 9.93. The molecule has 0 radical (unpaired) electrons. The number of amides is 3. The second-order valence-corrected chi connectivity index (χ2v) is 5.08. The van der Waals surface area contributed by atoms with E-state index in [0.717, 1.165) is 25.7 Å². The van der Waals surface area contributed by atoms with Crippen LogP contribution >= 0.6 is 0 Å². The molecule has 16 heavy (non-hydrogen) atoms. The van der Waals surface area contributed by atoms with Gasteiger partial charge in [0.1, 0.15) is 5.54 Å². The number of nitrogens with zero attached hydrogens (tertiary/aromatic N) is 1. The van der Waals surface area contributed by atoms with Gasteiger partial charge in [-0.3, -0.25) is 9.69 Å². The summed E-state index contributed by atoms with van der Waals surface area (Å²) < 4.78 is 0. The largest absolute Gasteiger partial charge is 0.325 e. The van der Waals surface area contributed by atoms with Crippen LogP contribution in [-0.4, -0.2) is 28.4 Å². The predicted molar refractivity (Wildman–Crippen MR) is 60.9 cm³/mol. The van der Waals surface area contributed by atoms with Gasteiger partial charge in [0.05, 0.1) is 0 Å². The minimum atomic E-state index is -0.672. The number of carbonyl (C=O) groups is 2. The Bertz CT molecular complexity index is 310. The predicted octanol–water partition coefficient (Wildman–Crippen LogP) is 2.04. The molecule has 1 unspecified atom stereocenters. The highest BCUT2D eigenvalue weighted by Gasteiger charge is 2.48. The molecule has 1 atom stereocenters. The molecule has 4 heteroatoms. The van der Waals surface area contributed by atoms with Crippen LogP contribution in [0.3, 0.4) is 0 Å². The van der Waals surface area contributed by atoms with Gasteiger partial charge in [0.2, 0.25) is 0 Å². The van der Waals surface area contributed by atoms with Gasteiger partial charge in [-0.25, -0.2) is 4.79 Å². The van der Waals surface area contributed by atoms with E-state index in [9.17, 15) is 9.59 Å². The molecule has 3 amide bonds. The second-order valence-electron chi connectivity index (χ2n) is 5.08. The molecule has 1 aliphatic heterocycles. The quantitative estimate of drug-likeness (QED) is 0.730. The van der Waals surface area contributed by atoms with Gasteiger partial charge >= 0.3 is 6.03 Å². The molecule has 2 fully saturated rings. The van der Waals surface area contributed by atoms with E-state index in [-0.39, 0.29) is 18.0 Å². The van der Waals surface area contributed by atoms with Crippen molar-refractivity contribution in [2.75, 3.05) is 0 Å². The summed E-state index contributed by atoms with van der Waals surface area (Å²) in [5.74, 6) is -0.0353. The molecule has 1 N–H and O–H groups in total. The normalized spacial score (nSPS) is 32.0. The Hall–Kier alpha value is -1.06. The summed E-state index contributed by atoms with van der Waals surface area (Å²) in [4.78, 5) is 25.5. The maximum absolute atomic E-state index is 12.2. The molecular weight excluding hydrogens is 204 g/mol. The summed E-state index contributed by atoms with van der Waals surface area (Å²) in [6, 6.07) is -0.0594. The zero-order valence-corrected chi connectivity index (χ0v) is 10.1. The number of rotatable bonds is 2. The van der Waals surface area contributed by atoms with Crippen LogP contribution in [0.15, 0.2) is 0 Å². The third-order valence-corrected chi connectivity index (χ3v) is 3.94. The van der Waals surface area contributed by atoms with Crippen LogP contribution in [0.2, 0.25) is 0 Å². The van der Waals surface area contributed by atoms with E-state index in [4.69, 9.17) is 0 Å². The highest BCUT2D eigenvalue weighted by Crippen LogP contribution is 2.29. The maximum atomic E-state index is 12.2. The molecule has 0 aromatic carbocycles. The van der Waals surface area contributed by atoms with E-state index in [0.29, 0.717) is 6.42 Å². The lowest BCUT2D eigenvalue weighted by Gasteiger charge is -2.29. The number of urea groups is 1. The van der Waals surface area contributed by atoms with Crippen LogP contribution in [0, 0.1) is 0 Å². The van der Waals surface area contributed by atoms with E-state index >= 15 is 0 Å². The molecule has 1 aliphatic carbocycles. The first-order valence-electron chi connectivity index (χ1n) is 6.24. The molecule has 0 aromatic rings. The van der Waals surface area contributed by atoms with Crippen LogP contribution < -0.4 is 5.32 Å². The van der Waals surface area contributed by atoms with Crippen LogP contribution in [0.4, 0.5) is 4.79 Å². The van der Waals surface area contributed by atoms with Gasteiger partial charge in [-0.15, -0.1) is 0 Å². The van der Waals surface area contributed by atoms with E-state index in [1.165, 1.54) is 11.3 Å². The Morgan fingerprint density at radius 2 is 1.94 bits per heavy atom. The van der Waals surface area contributed by atoms with Gasteiger partial charge in [0.25, 0.3) is 5.91 Å².